The Hall–Kier alpha value is -7.63. The Morgan fingerprint density at radius 3 is 1.51 bits per heavy atom. The second kappa shape index (κ2) is 14.7. The van der Waals surface area contributed by atoms with Crippen LogP contribution in [0.15, 0.2) is 188 Å². The molecule has 3 aromatic heterocycles. The topological polar surface area (TPSA) is 48.5 Å². The summed E-state index contributed by atoms with van der Waals surface area (Å²) < 4.78 is 4.65. The van der Waals surface area contributed by atoms with Crippen LogP contribution in [-0.4, -0.2) is 24.1 Å². The fourth-order valence-electron chi connectivity index (χ4n) is 10.8. The highest BCUT2D eigenvalue weighted by Gasteiger charge is 2.42. The summed E-state index contributed by atoms with van der Waals surface area (Å²) in [5.41, 5.74) is 15.5. The van der Waals surface area contributed by atoms with Gasteiger partial charge in [0.25, 0.3) is 0 Å². The third-order valence-electron chi connectivity index (χ3n) is 14.5. The standard InChI is InChI=1S/C60H49N5/c1-38-37-59(2,3)48-33-30-44(36-49(48)60(38,4)5)41-28-31-45(32-29-41)64-50-22-14-12-20-46(50)54-52(64)34-35-53-55(54)47-21-13-15-23-51(47)65(53)58-62-56(42-18-10-7-11-19-42)61-57(63-58)43-26-24-40(25-27-43)39-16-8-6-9-17-39/h6-36,38H,37H2,1-5H3. The fraction of sp³-hybridized carbons (Fsp3) is 0.150. The van der Waals surface area contributed by atoms with Crippen molar-refractivity contribution in [1.29, 1.82) is 0 Å². The maximum atomic E-state index is 5.28. The van der Waals surface area contributed by atoms with Gasteiger partial charge < -0.3 is 4.57 Å². The molecule has 0 saturated carbocycles. The van der Waals surface area contributed by atoms with E-state index in [0.717, 1.165) is 44.3 Å². The van der Waals surface area contributed by atoms with Gasteiger partial charge >= 0.3 is 0 Å². The van der Waals surface area contributed by atoms with Crippen LogP contribution in [-0.2, 0) is 10.8 Å². The quantitative estimate of drug-likeness (QED) is 0.168. The smallest absolute Gasteiger partial charge is 0.238 e. The number of hydrogen-bond donors (Lipinski definition) is 0. The van der Waals surface area contributed by atoms with Crippen LogP contribution in [0.5, 0.6) is 0 Å². The third-order valence-corrected chi connectivity index (χ3v) is 14.5. The van der Waals surface area contributed by atoms with Crippen LogP contribution in [0.3, 0.4) is 0 Å². The van der Waals surface area contributed by atoms with Gasteiger partial charge in [0.15, 0.2) is 11.6 Å². The highest BCUT2D eigenvalue weighted by atomic mass is 15.2. The Morgan fingerprint density at radius 1 is 0.415 bits per heavy atom. The first kappa shape index (κ1) is 39.0. The first-order valence-electron chi connectivity index (χ1n) is 22.8. The summed E-state index contributed by atoms with van der Waals surface area (Å²) in [6.45, 7) is 12.1. The van der Waals surface area contributed by atoms with Gasteiger partial charge in [0.05, 0.1) is 22.1 Å². The Bertz CT molecular complexity index is 3610. The van der Waals surface area contributed by atoms with Gasteiger partial charge in [-0.05, 0) is 92.9 Å². The fourth-order valence-corrected chi connectivity index (χ4v) is 10.8. The van der Waals surface area contributed by atoms with E-state index < -0.39 is 0 Å². The molecule has 0 bridgehead atoms. The summed E-state index contributed by atoms with van der Waals surface area (Å²) in [6.07, 6.45) is 1.20. The molecule has 0 aliphatic heterocycles. The lowest BCUT2D eigenvalue weighted by atomic mass is 9.58. The molecule has 12 rings (SSSR count). The summed E-state index contributed by atoms with van der Waals surface area (Å²) in [7, 11) is 0. The van der Waals surface area contributed by atoms with Gasteiger partial charge in [-0.3, -0.25) is 4.57 Å². The molecule has 1 aliphatic rings. The Morgan fingerprint density at radius 2 is 0.877 bits per heavy atom. The van der Waals surface area contributed by atoms with E-state index >= 15 is 0 Å². The average molecular weight is 840 g/mol. The van der Waals surface area contributed by atoms with Crippen LogP contribution < -0.4 is 0 Å². The highest BCUT2D eigenvalue weighted by Crippen LogP contribution is 2.50. The molecule has 11 aromatic rings. The van der Waals surface area contributed by atoms with Crippen LogP contribution in [0.2, 0.25) is 0 Å². The molecule has 0 amide bonds. The maximum absolute atomic E-state index is 5.28. The van der Waals surface area contributed by atoms with E-state index in [1.165, 1.54) is 55.9 Å². The van der Waals surface area contributed by atoms with Crippen molar-refractivity contribution in [2.45, 2.75) is 51.9 Å². The van der Waals surface area contributed by atoms with Crippen molar-refractivity contribution in [3.05, 3.63) is 199 Å². The average Bonchev–Trinajstić information content (AvgIpc) is 3.87. The lowest BCUT2D eigenvalue weighted by Gasteiger charge is -2.46. The molecule has 5 nitrogen and oxygen atoms in total. The summed E-state index contributed by atoms with van der Waals surface area (Å²) in [5.74, 6) is 2.43. The number of hydrogen-bond acceptors (Lipinski definition) is 3. The molecule has 1 atom stereocenters. The summed E-state index contributed by atoms with van der Waals surface area (Å²) in [4.78, 5) is 15.6. The van der Waals surface area contributed by atoms with E-state index in [0.29, 0.717) is 23.5 Å². The van der Waals surface area contributed by atoms with Crippen molar-refractivity contribution in [1.82, 2.24) is 24.1 Å². The van der Waals surface area contributed by atoms with Gasteiger partial charge in [0.1, 0.15) is 0 Å². The minimum absolute atomic E-state index is 0.114. The van der Waals surface area contributed by atoms with Crippen LogP contribution >= 0.6 is 0 Å². The molecule has 0 fully saturated rings. The van der Waals surface area contributed by atoms with E-state index in [9.17, 15) is 0 Å². The Labute approximate surface area is 379 Å². The number of benzene rings is 8. The molecule has 1 unspecified atom stereocenters. The minimum atomic E-state index is 0.114. The Balaban J connectivity index is 1.02. The van der Waals surface area contributed by atoms with Crippen molar-refractivity contribution >= 4 is 43.6 Å². The van der Waals surface area contributed by atoms with Crippen molar-refractivity contribution in [3.8, 4) is 56.7 Å². The zero-order chi connectivity index (χ0) is 44.0. The predicted octanol–water partition coefficient (Wildman–Crippen LogP) is 15.3. The molecule has 314 valence electrons. The van der Waals surface area contributed by atoms with Crippen molar-refractivity contribution < 1.29 is 0 Å². The summed E-state index contributed by atoms with van der Waals surface area (Å²) in [6, 6.07) is 67.5. The number of fused-ring (bicyclic) bond motifs is 8. The molecular formula is C60H49N5. The molecule has 3 heterocycles. The van der Waals surface area contributed by atoms with Crippen LogP contribution in [0.4, 0.5) is 0 Å². The number of aromatic nitrogens is 5. The van der Waals surface area contributed by atoms with E-state index in [1.54, 1.807) is 0 Å². The van der Waals surface area contributed by atoms with Crippen molar-refractivity contribution in [2.24, 2.45) is 5.92 Å². The van der Waals surface area contributed by atoms with Gasteiger partial charge in [-0.2, -0.15) is 9.97 Å². The van der Waals surface area contributed by atoms with Gasteiger partial charge in [0, 0.05) is 38.4 Å². The summed E-state index contributed by atoms with van der Waals surface area (Å²) in [5, 5.41) is 4.73. The second-order valence-corrected chi connectivity index (χ2v) is 19.2. The van der Waals surface area contributed by atoms with Crippen LogP contribution in [0.1, 0.15) is 52.2 Å². The molecule has 8 aromatic carbocycles. The van der Waals surface area contributed by atoms with Crippen molar-refractivity contribution in [3.63, 3.8) is 0 Å². The Kier molecular flexibility index (Phi) is 8.83. The number of rotatable bonds is 6. The van der Waals surface area contributed by atoms with Gasteiger partial charge in [-0.25, -0.2) is 4.98 Å². The largest absolute Gasteiger partial charge is 0.309 e. The highest BCUT2D eigenvalue weighted by molar-refractivity contribution is 6.28. The lowest BCUT2D eigenvalue weighted by Crippen LogP contribution is -2.40. The first-order valence-corrected chi connectivity index (χ1v) is 22.8. The molecule has 65 heavy (non-hydrogen) atoms. The second-order valence-electron chi connectivity index (χ2n) is 19.2. The number of para-hydroxylation sites is 2. The zero-order valence-corrected chi connectivity index (χ0v) is 37.4. The summed E-state index contributed by atoms with van der Waals surface area (Å²) >= 11 is 0. The van der Waals surface area contributed by atoms with Gasteiger partial charge in [-0.1, -0.05) is 186 Å². The predicted molar refractivity (Wildman–Crippen MR) is 270 cm³/mol. The van der Waals surface area contributed by atoms with E-state index in [1.807, 2.05) is 24.3 Å². The monoisotopic (exact) mass is 839 g/mol. The van der Waals surface area contributed by atoms with Gasteiger partial charge in [0.2, 0.25) is 5.95 Å². The molecule has 0 N–H and O–H groups in total. The van der Waals surface area contributed by atoms with E-state index in [-0.39, 0.29) is 10.8 Å². The molecule has 1 aliphatic carbocycles. The lowest BCUT2D eigenvalue weighted by molar-refractivity contribution is 0.233. The molecule has 0 spiro atoms. The van der Waals surface area contributed by atoms with E-state index in [4.69, 9.17) is 15.0 Å². The third kappa shape index (κ3) is 6.24. The van der Waals surface area contributed by atoms with Crippen molar-refractivity contribution in [2.75, 3.05) is 0 Å². The molecule has 0 saturated heterocycles. The van der Waals surface area contributed by atoms with Gasteiger partial charge in [-0.15, -0.1) is 0 Å². The van der Waals surface area contributed by atoms with Crippen LogP contribution in [0, 0.1) is 5.92 Å². The van der Waals surface area contributed by atoms with E-state index in [2.05, 4.69) is 208 Å². The maximum Gasteiger partial charge on any atom is 0.238 e. The molecular weight excluding hydrogens is 791 g/mol. The zero-order valence-electron chi connectivity index (χ0n) is 37.4. The normalized spacial score (nSPS) is 15.5. The number of nitrogens with zero attached hydrogens (tertiary/aromatic N) is 5. The molecule has 5 heteroatoms. The minimum Gasteiger partial charge on any atom is -0.309 e. The van der Waals surface area contributed by atoms with Crippen LogP contribution in [0.25, 0.3) is 100 Å². The first-order chi connectivity index (χ1) is 31.6. The molecule has 0 radical (unpaired) electrons. The SMILES string of the molecule is CC1CC(C)(C)c2ccc(-c3ccc(-n4c5ccccc5c5c6c7ccccc7n(-c7nc(-c8ccccc8)nc(-c8ccc(-c9ccccc9)cc8)n7)c6ccc54)cc3)cc2C1(C)C.